The van der Waals surface area contributed by atoms with E-state index < -0.39 is 0 Å². The van der Waals surface area contributed by atoms with Crippen molar-refractivity contribution in [2.24, 2.45) is 5.92 Å². The predicted molar refractivity (Wildman–Crippen MR) is 68.7 cm³/mol. The van der Waals surface area contributed by atoms with Crippen molar-refractivity contribution >= 4 is 5.91 Å². The Balaban J connectivity index is 1.57. The topological polar surface area (TPSA) is 41.1 Å². The summed E-state index contributed by atoms with van der Waals surface area (Å²) >= 11 is 0. The van der Waals surface area contributed by atoms with Crippen LogP contribution in [0.1, 0.15) is 18.4 Å². The lowest BCUT2D eigenvalue weighted by atomic mass is 10.1. The van der Waals surface area contributed by atoms with Crippen molar-refractivity contribution in [1.82, 2.24) is 10.6 Å². The molecule has 0 heterocycles. The summed E-state index contributed by atoms with van der Waals surface area (Å²) in [7, 11) is 0. The number of benzene rings is 1. The van der Waals surface area contributed by atoms with Crippen LogP contribution in [0.15, 0.2) is 24.3 Å². The second-order valence-electron chi connectivity index (χ2n) is 4.77. The van der Waals surface area contributed by atoms with E-state index >= 15 is 0 Å². The van der Waals surface area contributed by atoms with E-state index in [1.165, 1.54) is 18.9 Å². The lowest BCUT2D eigenvalue weighted by Gasteiger charge is -2.06. The van der Waals surface area contributed by atoms with Gasteiger partial charge in [0.15, 0.2) is 0 Å². The highest BCUT2D eigenvalue weighted by atomic mass is 19.1. The van der Waals surface area contributed by atoms with Gasteiger partial charge in [-0.3, -0.25) is 4.79 Å². The summed E-state index contributed by atoms with van der Waals surface area (Å²) in [4.78, 5) is 11.4. The van der Waals surface area contributed by atoms with Gasteiger partial charge in [0.05, 0.1) is 6.54 Å². The molecule has 1 aromatic rings. The number of rotatable bonds is 7. The fourth-order valence-corrected chi connectivity index (χ4v) is 1.77. The van der Waals surface area contributed by atoms with Crippen LogP contribution < -0.4 is 10.6 Å². The first-order valence-electron chi connectivity index (χ1n) is 6.46. The van der Waals surface area contributed by atoms with Crippen LogP contribution in [0.3, 0.4) is 0 Å². The molecule has 18 heavy (non-hydrogen) atoms. The third-order valence-corrected chi connectivity index (χ3v) is 3.10. The van der Waals surface area contributed by atoms with Crippen LogP contribution in [-0.2, 0) is 11.2 Å². The summed E-state index contributed by atoms with van der Waals surface area (Å²) in [5.41, 5.74) is 0.684. The van der Waals surface area contributed by atoms with Gasteiger partial charge in [0.25, 0.3) is 0 Å². The predicted octanol–water partition coefficient (Wildman–Crippen LogP) is 1.48. The van der Waals surface area contributed by atoms with Crippen molar-refractivity contribution in [2.45, 2.75) is 19.3 Å². The first-order valence-corrected chi connectivity index (χ1v) is 6.46. The molecule has 98 valence electrons. The molecule has 1 saturated carbocycles. The molecule has 0 spiro atoms. The number of carbonyl (C=O) groups excluding carboxylic acids is 1. The van der Waals surface area contributed by atoms with Gasteiger partial charge in [-0.2, -0.15) is 0 Å². The maximum atomic E-state index is 13.3. The van der Waals surface area contributed by atoms with Crippen LogP contribution in [0.2, 0.25) is 0 Å². The summed E-state index contributed by atoms with van der Waals surface area (Å²) in [5, 5.41) is 5.91. The highest BCUT2D eigenvalue weighted by Gasteiger charge is 2.21. The van der Waals surface area contributed by atoms with Gasteiger partial charge in [-0.1, -0.05) is 18.2 Å². The first-order chi connectivity index (χ1) is 8.75. The molecule has 3 nitrogen and oxygen atoms in total. The Morgan fingerprint density at radius 3 is 2.83 bits per heavy atom. The summed E-state index contributed by atoms with van der Waals surface area (Å²) in [6.45, 7) is 1.72. The van der Waals surface area contributed by atoms with E-state index in [0.29, 0.717) is 31.0 Å². The fourth-order valence-electron chi connectivity index (χ4n) is 1.77. The number of halogens is 1. The molecule has 0 aliphatic heterocycles. The molecule has 1 aliphatic carbocycles. The molecule has 2 N–H and O–H groups in total. The second-order valence-corrected chi connectivity index (χ2v) is 4.77. The standard InChI is InChI=1S/C14H19FN2O/c15-13-4-2-1-3-12(13)7-8-16-10-14(18)17-9-11-5-6-11/h1-4,11,16H,5-10H2,(H,17,18). The van der Waals surface area contributed by atoms with Crippen molar-refractivity contribution < 1.29 is 9.18 Å². The van der Waals surface area contributed by atoms with Crippen molar-refractivity contribution in [1.29, 1.82) is 0 Å². The van der Waals surface area contributed by atoms with Gasteiger partial charge in [-0.25, -0.2) is 4.39 Å². The Labute approximate surface area is 107 Å². The van der Waals surface area contributed by atoms with Gasteiger partial charge < -0.3 is 10.6 Å². The van der Waals surface area contributed by atoms with Crippen molar-refractivity contribution in [3.8, 4) is 0 Å². The Morgan fingerprint density at radius 1 is 1.33 bits per heavy atom. The van der Waals surface area contributed by atoms with Crippen LogP contribution in [0.4, 0.5) is 4.39 Å². The van der Waals surface area contributed by atoms with E-state index in [0.717, 1.165) is 6.54 Å². The average molecular weight is 250 g/mol. The maximum Gasteiger partial charge on any atom is 0.233 e. The van der Waals surface area contributed by atoms with Crippen molar-refractivity contribution in [3.05, 3.63) is 35.6 Å². The third-order valence-electron chi connectivity index (χ3n) is 3.10. The molecule has 2 rings (SSSR count). The molecule has 0 atom stereocenters. The molecule has 1 amide bonds. The van der Waals surface area contributed by atoms with Gasteiger partial charge >= 0.3 is 0 Å². The van der Waals surface area contributed by atoms with Crippen molar-refractivity contribution in [3.63, 3.8) is 0 Å². The molecule has 1 aromatic carbocycles. The summed E-state index contributed by atoms with van der Waals surface area (Å²) < 4.78 is 13.3. The first kappa shape index (κ1) is 13.0. The van der Waals surface area contributed by atoms with Crippen LogP contribution in [-0.4, -0.2) is 25.5 Å². The Hall–Kier alpha value is -1.42. The molecule has 0 unspecified atom stereocenters. The van der Waals surface area contributed by atoms with E-state index in [1.54, 1.807) is 12.1 Å². The monoisotopic (exact) mass is 250 g/mol. The van der Waals surface area contributed by atoms with Gasteiger partial charge in [-0.05, 0) is 43.4 Å². The molecule has 0 saturated heterocycles. The highest BCUT2D eigenvalue weighted by Crippen LogP contribution is 2.27. The molecule has 0 aromatic heterocycles. The summed E-state index contributed by atoms with van der Waals surface area (Å²) in [6.07, 6.45) is 3.07. The van der Waals surface area contributed by atoms with Crippen LogP contribution in [0.25, 0.3) is 0 Å². The number of hydrogen-bond donors (Lipinski definition) is 2. The van der Waals surface area contributed by atoms with Gasteiger partial charge in [-0.15, -0.1) is 0 Å². The maximum absolute atomic E-state index is 13.3. The molecule has 0 bridgehead atoms. The fraction of sp³-hybridized carbons (Fsp3) is 0.500. The average Bonchev–Trinajstić information content (AvgIpc) is 3.18. The largest absolute Gasteiger partial charge is 0.355 e. The lowest BCUT2D eigenvalue weighted by molar-refractivity contribution is -0.120. The number of nitrogens with one attached hydrogen (secondary N) is 2. The summed E-state index contributed by atoms with van der Waals surface area (Å²) in [6, 6.07) is 6.72. The summed E-state index contributed by atoms with van der Waals surface area (Å²) in [5.74, 6) is 0.542. The minimum Gasteiger partial charge on any atom is -0.355 e. The minimum atomic E-state index is -0.183. The van der Waals surface area contributed by atoms with Gasteiger partial charge in [0, 0.05) is 6.54 Å². The zero-order valence-corrected chi connectivity index (χ0v) is 10.4. The number of hydrogen-bond acceptors (Lipinski definition) is 2. The third kappa shape index (κ3) is 4.45. The van der Waals surface area contributed by atoms with Crippen molar-refractivity contribution in [2.75, 3.05) is 19.6 Å². The van der Waals surface area contributed by atoms with Crippen LogP contribution in [0.5, 0.6) is 0 Å². The SMILES string of the molecule is O=C(CNCCc1ccccc1F)NCC1CC1. The van der Waals surface area contributed by atoms with E-state index in [4.69, 9.17) is 0 Å². The number of carbonyl (C=O) groups is 1. The van der Waals surface area contributed by atoms with Gasteiger partial charge in [0.2, 0.25) is 5.91 Å². The van der Waals surface area contributed by atoms with Crippen LogP contribution in [0, 0.1) is 11.7 Å². The van der Waals surface area contributed by atoms with E-state index in [-0.39, 0.29) is 11.7 Å². The second kappa shape index (κ2) is 6.50. The zero-order valence-electron chi connectivity index (χ0n) is 10.4. The lowest BCUT2D eigenvalue weighted by Crippen LogP contribution is -2.35. The molecule has 1 aliphatic rings. The molecule has 1 fully saturated rings. The molecular weight excluding hydrogens is 231 g/mol. The van der Waals surface area contributed by atoms with E-state index in [2.05, 4.69) is 10.6 Å². The van der Waals surface area contributed by atoms with E-state index in [9.17, 15) is 9.18 Å². The Bertz CT molecular complexity index is 405. The zero-order chi connectivity index (χ0) is 12.8. The Morgan fingerprint density at radius 2 is 2.11 bits per heavy atom. The number of amides is 1. The van der Waals surface area contributed by atoms with Gasteiger partial charge in [0.1, 0.15) is 5.82 Å². The highest BCUT2D eigenvalue weighted by molar-refractivity contribution is 5.77. The molecule has 4 heteroatoms. The molecular formula is C14H19FN2O. The normalized spacial score (nSPS) is 14.5. The van der Waals surface area contributed by atoms with E-state index in [1.807, 2.05) is 6.07 Å². The quantitative estimate of drug-likeness (QED) is 0.720. The van der Waals surface area contributed by atoms with Crippen LogP contribution >= 0.6 is 0 Å². The Kier molecular flexibility index (Phi) is 4.70. The smallest absolute Gasteiger partial charge is 0.233 e. The molecule has 0 radical (unpaired) electrons. The minimum absolute atomic E-state index is 0.0235.